The van der Waals surface area contributed by atoms with Crippen molar-refractivity contribution in [2.75, 3.05) is 24.4 Å². The lowest BCUT2D eigenvalue weighted by atomic mass is 10.0. The van der Waals surface area contributed by atoms with E-state index in [4.69, 9.17) is 9.47 Å². The van der Waals surface area contributed by atoms with Crippen molar-refractivity contribution in [2.24, 2.45) is 0 Å². The molecule has 1 N–H and O–H groups in total. The first-order valence-electron chi connectivity index (χ1n) is 9.50. The summed E-state index contributed by atoms with van der Waals surface area (Å²) in [4.78, 5) is 28.0. The Labute approximate surface area is 197 Å². The van der Waals surface area contributed by atoms with Gasteiger partial charge in [-0.3, -0.25) is 14.5 Å². The smallest absolute Gasteiger partial charge is 0.294 e. The summed E-state index contributed by atoms with van der Waals surface area (Å²) in [6, 6.07) is 19.1. The molecule has 1 atom stereocenters. The van der Waals surface area contributed by atoms with Crippen molar-refractivity contribution in [3.05, 3.63) is 78.6 Å². The van der Waals surface area contributed by atoms with Crippen LogP contribution in [0.1, 0.15) is 11.7 Å². The number of methoxy groups -OCH3 is 2. The molecule has 1 unspecified atom stereocenters. The lowest BCUT2D eigenvalue weighted by Crippen LogP contribution is -3.00. The van der Waals surface area contributed by atoms with E-state index < -0.39 is 6.04 Å². The van der Waals surface area contributed by atoms with Gasteiger partial charge in [0.05, 0.1) is 14.2 Å². The number of carbonyl (C=O) groups excluding carboxylic acids is 2. The average molecular weight is 531 g/mol. The summed E-state index contributed by atoms with van der Waals surface area (Å²) >= 11 is 0. The molecule has 0 aliphatic carbocycles. The Balaban J connectivity index is 0.00000272. The summed E-state index contributed by atoms with van der Waals surface area (Å²) in [5, 5.41) is 2.92. The number of aromatic nitrogens is 1. The molecular formula is C23H22IN3O4. The third kappa shape index (κ3) is 4.48. The minimum Gasteiger partial charge on any atom is -1.00 e. The van der Waals surface area contributed by atoms with Gasteiger partial charge < -0.3 is 38.8 Å². The standard InChI is InChI=1S/C23H21N3O4.HI/c1-29-19-12-11-16(14-20(19)30-2)24-23(28)22-18-10-6-7-13-25(18)15-21(27)26(22)17-8-4-3-5-9-17;/h3-14,22H,15H2,1-2H3;1H. The summed E-state index contributed by atoms with van der Waals surface area (Å²) < 4.78 is 12.4. The van der Waals surface area contributed by atoms with E-state index in [1.54, 1.807) is 34.8 Å². The van der Waals surface area contributed by atoms with Gasteiger partial charge in [-0.15, -0.1) is 0 Å². The SMILES string of the molecule is COc1ccc(NC(=O)C2c3cccc[n+]3CC(=O)N2c2ccccc2)cc1OC.[I-]. The van der Waals surface area contributed by atoms with Crippen LogP contribution in [-0.4, -0.2) is 26.0 Å². The molecule has 0 fully saturated rings. The minimum atomic E-state index is -0.817. The van der Waals surface area contributed by atoms with E-state index in [1.807, 2.05) is 54.7 Å². The normalized spacial score (nSPS) is 14.8. The fourth-order valence-corrected chi connectivity index (χ4v) is 3.64. The molecule has 0 bridgehead atoms. The van der Waals surface area contributed by atoms with Crippen molar-refractivity contribution >= 4 is 23.2 Å². The lowest BCUT2D eigenvalue weighted by Gasteiger charge is -2.32. The number of nitrogens with one attached hydrogen (secondary N) is 1. The Hall–Kier alpha value is -3.14. The van der Waals surface area contributed by atoms with Crippen LogP contribution in [0.2, 0.25) is 0 Å². The Kier molecular flexibility index (Phi) is 7.11. The summed E-state index contributed by atoms with van der Waals surface area (Å²) in [6.07, 6.45) is 1.81. The van der Waals surface area contributed by atoms with Crippen molar-refractivity contribution in [1.82, 2.24) is 0 Å². The predicted octanol–water partition coefficient (Wildman–Crippen LogP) is -0.278. The van der Waals surface area contributed by atoms with Crippen molar-refractivity contribution in [1.29, 1.82) is 0 Å². The minimum absolute atomic E-state index is 0. The molecule has 2 amide bonds. The number of ether oxygens (including phenoxy) is 2. The van der Waals surface area contributed by atoms with Crippen LogP contribution in [0.5, 0.6) is 11.5 Å². The number of anilines is 2. The number of benzene rings is 2. The zero-order valence-corrected chi connectivity index (χ0v) is 19.3. The molecule has 2 aromatic carbocycles. The molecule has 1 aliphatic heterocycles. The highest BCUT2D eigenvalue weighted by atomic mass is 127. The summed E-state index contributed by atoms with van der Waals surface area (Å²) in [5.74, 6) is 0.594. The maximum Gasteiger partial charge on any atom is 0.294 e. The van der Waals surface area contributed by atoms with E-state index in [9.17, 15) is 9.59 Å². The highest BCUT2D eigenvalue weighted by molar-refractivity contribution is 6.05. The maximum absolute atomic E-state index is 13.4. The monoisotopic (exact) mass is 531 g/mol. The molecule has 8 heteroatoms. The molecule has 1 aliphatic rings. The van der Waals surface area contributed by atoms with Gasteiger partial charge in [0.2, 0.25) is 18.3 Å². The van der Waals surface area contributed by atoms with Crippen molar-refractivity contribution in [3.63, 3.8) is 0 Å². The predicted molar refractivity (Wildman–Crippen MR) is 111 cm³/mol. The number of hydrogen-bond acceptors (Lipinski definition) is 4. The Morgan fingerprint density at radius 3 is 2.42 bits per heavy atom. The van der Waals surface area contributed by atoms with Crippen LogP contribution >= 0.6 is 0 Å². The Morgan fingerprint density at radius 1 is 1.00 bits per heavy atom. The topological polar surface area (TPSA) is 71.8 Å². The molecular weight excluding hydrogens is 509 g/mol. The molecule has 3 aromatic rings. The van der Waals surface area contributed by atoms with Gasteiger partial charge in [0, 0.05) is 29.6 Å². The van der Waals surface area contributed by atoms with Gasteiger partial charge in [-0.05, 0) is 24.3 Å². The van der Waals surface area contributed by atoms with E-state index in [1.165, 1.54) is 7.11 Å². The van der Waals surface area contributed by atoms with Gasteiger partial charge in [-0.1, -0.05) is 24.3 Å². The van der Waals surface area contributed by atoms with E-state index in [-0.39, 0.29) is 42.3 Å². The molecule has 0 spiro atoms. The van der Waals surface area contributed by atoms with Gasteiger partial charge in [-0.25, -0.2) is 0 Å². The number of pyridine rings is 1. The third-order valence-electron chi connectivity index (χ3n) is 5.02. The van der Waals surface area contributed by atoms with Crippen LogP contribution in [0.25, 0.3) is 0 Å². The molecule has 1 aromatic heterocycles. The molecule has 4 rings (SSSR count). The number of nitrogens with zero attached hydrogens (tertiary/aromatic N) is 2. The molecule has 2 heterocycles. The van der Waals surface area contributed by atoms with E-state index >= 15 is 0 Å². The van der Waals surface area contributed by atoms with Crippen LogP contribution in [0, 0.1) is 0 Å². The summed E-state index contributed by atoms with van der Waals surface area (Å²) in [6.45, 7) is 0.172. The van der Waals surface area contributed by atoms with Gasteiger partial charge in [-0.2, -0.15) is 4.57 Å². The fraction of sp³-hybridized carbons (Fsp3) is 0.174. The molecule has 31 heavy (non-hydrogen) atoms. The van der Waals surface area contributed by atoms with Gasteiger partial charge in [0.25, 0.3) is 11.8 Å². The van der Waals surface area contributed by atoms with Crippen molar-refractivity contribution in [3.8, 4) is 11.5 Å². The first kappa shape index (κ1) is 22.5. The molecule has 0 saturated carbocycles. The third-order valence-corrected chi connectivity index (χ3v) is 5.02. The second kappa shape index (κ2) is 9.78. The highest BCUT2D eigenvalue weighted by Gasteiger charge is 2.43. The summed E-state index contributed by atoms with van der Waals surface area (Å²) in [7, 11) is 3.09. The largest absolute Gasteiger partial charge is 1.00 e. The first-order chi connectivity index (χ1) is 14.6. The maximum atomic E-state index is 13.4. The molecule has 0 saturated heterocycles. The van der Waals surface area contributed by atoms with Crippen LogP contribution in [-0.2, 0) is 16.1 Å². The highest BCUT2D eigenvalue weighted by Crippen LogP contribution is 2.32. The lowest BCUT2D eigenvalue weighted by molar-refractivity contribution is -0.695. The van der Waals surface area contributed by atoms with Crippen molar-refractivity contribution in [2.45, 2.75) is 12.6 Å². The molecule has 0 radical (unpaired) electrons. The van der Waals surface area contributed by atoms with Crippen LogP contribution < -0.4 is 48.2 Å². The number of fused-ring (bicyclic) bond motifs is 1. The molecule has 7 nitrogen and oxygen atoms in total. The van der Waals surface area contributed by atoms with Crippen molar-refractivity contribution < 1.29 is 47.6 Å². The van der Waals surface area contributed by atoms with Gasteiger partial charge in [0.15, 0.2) is 17.7 Å². The number of amides is 2. The summed E-state index contributed by atoms with van der Waals surface area (Å²) in [5.41, 5.74) is 1.95. The second-order valence-corrected chi connectivity index (χ2v) is 6.81. The number of hydrogen-bond donors (Lipinski definition) is 1. The number of para-hydroxylation sites is 1. The number of halogens is 1. The zero-order valence-electron chi connectivity index (χ0n) is 17.1. The fourth-order valence-electron chi connectivity index (χ4n) is 3.64. The average Bonchev–Trinajstić information content (AvgIpc) is 2.78. The van der Waals surface area contributed by atoms with E-state index in [0.29, 0.717) is 22.9 Å². The van der Waals surface area contributed by atoms with Gasteiger partial charge >= 0.3 is 0 Å². The van der Waals surface area contributed by atoms with Crippen LogP contribution in [0.15, 0.2) is 72.9 Å². The van der Waals surface area contributed by atoms with E-state index in [0.717, 1.165) is 5.69 Å². The van der Waals surface area contributed by atoms with Crippen LogP contribution in [0.4, 0.5) is 11.4 Å². The quantitative estimate of drug-likeness (QED) is 0.364. The second-order valence-electron chi connectivity index (χ2n) is 6.81. The Bertz CT molecular complexity index is 1090. The molecule has 160 valence electrons. The number of rotatable bonds is 5. The zero-order chi connectivity index (χ0) is 21.1. The van der Waals surface area contributed by atoms with Crippen LogP contribution in [0.3, 0.4) is 0 Å². The number of carbonyl (C=O) groups is 2. The van der Waals surface area contributed by atoms with E-state index in [2.05, 4.69) is 5.32 Å². The first-order valence-corrected chi connectivity index (χ1v) is 9.50. The Morgan fingerprint density at radius 2 is 1.71 bits per heavy atom. The van der Waals surface area contributed by atoms with Gasteiger partial charge in [0.1, 0.15) is 0 Å².